The molecule has 55 heavy (non-hydrogen) atoms. The largest absolute Gasteiger partial charge is 0.309 e. The highest BCUT2D eigenvalue weighted by atomic mass is 15.2. The van der Waals surface area contributed by atoms with Gasteiger partial charge in [0.1, 0.15) is 11.0 Å². The van der Waals surface area contributed by atoms with Crippen molar-refractivity contribution in [3.8, 4) is 28.5 Å². The highest BCUT2D eigenvalue weighted by molar-refractivity contribution is 6.35. The van der Waals surface area contributed by atoms with Crippen molar-refractivity contribution in [3.05, 3.63) is 182 Å². The van der Waals surface area contributed by atoms with Gasteiger partial charge in [0.05, 0.1) is 33.1 Å². The van der Waals surface area contributed by atoms with Crippen LogP contribution >= 0.6 is 0 Å². The smallest absolute Gasteiger partial charge is 0.182 e. The highest BCUT2D eigenvalue weighted by Gasteiger charge is 2.26. The third-order valence-corrected chi connectivity index (χ3v) is 11.1. The Labute approximate surface area is 314 Å². The molecule has 6 nitrogen and oxygen atoms in total. The number of nitrogens with zero attached hydrogens (tertiary/aromatic N) is 6. The molecule has 0 aliphatic heterocycles. The summed E-state index contributed by atoms with van der Waals surface area (Å²) in [4.78, 5) is 5.53. The van der Waals surface area contributed by atoms with E-state index in [1.807, 2.05) is 0 Å². The fourth-order valence-corrected chi connectivity index (χ4v) is 8.86. The molecule has 4 aromatic heterocycles. The monoisotopic (exact) mass is 702 g/mol. The van der Waals surface area contributed by atoms with Crippen molar-refractivity contribution < 1.29 is 0 Å². The van der Waals surface area contributed by atoms with Crippen LogP contribution in [0.3, 0.4) is 0 Å². The summed E-state index contributed by atoms with van der Waals surface area (Å²) < 4.78 is 7.07. The number of para-hydroxylation sites is 6. The summed E-state index contributed by atoms with van der Waals surface area (Å²) in [5.41, 5.74) is 12.4. The third-order valence-electron chi connectivity index (χ3n) is 11.1. The minimum Gasteiger partial charge on any atom is -0.309 e. The van der Waals surface area contributed by atoms with Crippen LogP contribution in [0.15, 0.2) is 182 Å². The minimum absolute atomic E-state index is 0.588. The van der Waals surface area contributed by atoms with Gasteiger partial charge in [0.25, 0.3) is 0 Å². The molecule has 8 aromatic carbocycles. The minimum atomic E-state index is 0.588. The summed E-state index contributed by atoms with van der Waals surface area (Å²) in [5, 5.41) is 16.9. The molecule has 6 heteroatoms. The fourth-order valence-electron chi connectivity index (χ4n) is 8.86. The number of hydrogen-bond acceptors (Lipinski definition) is 3. The van der Waals surface area contributed by atoms with Crippen molar-refractivity contribution in [2.75, 3.05) is 0 Å². The van der Waals surface area contributed by atoms with Crippen molar-refractivity contribution >= 4 is 76.5 Å². The Morgan fingerprint density at radius 3 is 1.42 bits per heavy atom. The zero-order chi connectivity index (χ0) is 36.0. The normalized spacial score (nSPS) is 12.0. The van der Waals surface area contributed by atoms with Gasteiger partial charge in [-0.25, -0.2) is 4.98 Å². The summed E-state index contributed by atoms with van der Waals surface area (Å²) >= 11 is 0. The average molecular weight is 703 g/mol. The van der Waals surface area contributed by atoms with Gasteiger partial charge in [0.15, 0.2) is 5.82 Å². The van der Waals surface area contributed by atoms with E-state index in [9.17, 15) is 0 Å². The van der Waals surface area contributed by atoms with Gasteiger partial charge in [-0.1, -0.05) is 109 Å². The summed E-state index contributed by atoms with van der Waals surface area (Å²) in [7, 11) is 0. The summed E-state index contributed by atoms with van der Waals surface area (Å²) in [5.74, 6) is 0.588. The van der Waals surface area contributed by atoms with Gasteiger partial charge in [-0.3, -0.25) is 0 Å². The van der Waals surface area contributed by atoms with Gasteiger partial charge in [-0.05, 0) is 72.8 Å². The molecule has 0 unspecified atom stereocenters. The van der Waals surface area contributed by atoms with Crippen LogP contribution in [0, 0.1) is 0 Å². The van der Waals surface area contributed by atoms with Crippen molar-refractivity contribution in [2.24, 2.45) is 0 Å². The number of aromatic nitrogens is 6. The van der Waals surface area contributed by atoms with Crippen LogP contribution in [0.4, 0.5) is 0 Å². The van der Waals surface area contributed by atoms with E-state index in [0.29, 0.717) is 5.82 Å². The number of rotatable bonds is 4. The molecule has 0 atom stereocenters. The van der Waals surface area contributed by atoms with Crippen LogP contribution < -0.4 is 0 Å². The maximum Gasteiger partial charge on any atom is 0.182 e. The van der Waals surface area contributed by atoms with Gasteiger partial charge >= 0.3 is 0 Å². The number of fused-ring (bicyclic) bond motifs is 13. The third kappa shape index (κ3) is 4.22. The Balaban J connectivity index is 1.24. The van der Waals surface area contributed by atoms with Gasteiger partial charge in [-0.2, -0.15) is 0 Å². The molecule has 0 spiro atoms. The second-order valence-corrected chi connectivity index (χ2v) is 14.1. The number of hydrogen-bond donors (Lipinski definition) is 0. The molecule has 256 valence electrons. The van der Waals surface area contributed by atoms with Crippen LogP contribution in [-0.4, -0.2) is 28.9 Å². The lowest BCUT2D eigenvalue weighted by Crippen LogP contribution is -2.00. The van der Waals surface area contributed by atoms with E-state index < -0.39 is 0 Å². The maximum atomic E-state index is 5.53. The molecule has 0 aliphatic rings. The number of benzene rings is 8. The van der Waals surface area contributed by atoms with Gasteiger partial charge < -0.3 is 13.7 Å². The molecule has 4 heterocycles. The van der Waals surface area contributed by atoms with E-state index in [4.69, 9.17) is 15.2 Å². The average Bonchev–Trinajstić information content (AvgIpc) is 3.90. The van der Waals surface area contributed by atoms with E-state index >= 15 is 0 Å². The molecule has 0 radical (unpaired) electrons. The van der Waals surface area contributed by atoms with Crippen LogP contribution in [-0.2, 0) is 0 Å². The van der Waals surface area contributed by atoms with Crippen LogP contribution in [0.2, 0.25) is 0 Å². The zero-order valence-corrected chi connectivity index (χ0v) is 29.5. The first-order valence-electron chi connectivity index (χ1n) is 18.6. The Hall–Kier alpha value is -7.57. The van der Waals surface area contributed by atoms with E-state index in [0.717, 1.165) is 93.7 Å². The Kier molecular flexibility index (Phi) is 6.24. The van der Waals surface area contributed by atoms with Crippen molar-refractivity contribution in [1.82, 2.24) is 28.9 Å². The van der Waals surface area contributed by atoms with Gasteiger partial charge in [-0.15, -0.1) is 10.2 Å². The quantitative estimate of drug-likeness (QED) is 0.183. The predicted octanol–water partition coefficient (Wildman–Crippen LogP) is 12.0. The van der Waals surface area contributed by atoms with Crippen LogP contribution in [0.25, 0.3) is 105 Å². The van der Waals surface area contributed by atoms with Gasteiger partial charge in [0, 0.05) is 54.9 Å². The maximum absolute atomic E-state index is 5.53. The SMILES string of the molecule is c1ccc(-n2c3ccccc3c3cc(-c4nnc5c(n4)c4c6ccccc6n(-c6ccccc6)c4c4c6ccccc6n(-c6ccccc6)c54)ccc32)cc1. The lowest BCUT2D eigenvalue weighted by Gasteiger charge is -2.12. The topological polar surface area (TPSA) is 53.5 Å². The molecule has 0 aliphatic carbocycles. The van der Waals surface area contributed by atoms with Crippen molar-refractivity contribution in [3.63, 3.8) is 0 Å². The Bertz CT molecular complexity index is 3470. The second kappa shape index (κ2) is 11.5. The molecule has 0 saturated heterocycles. The Morgan fingerprint density at radius 2 is 0.800 bits per heavy atom. The molecule has 0 N–H and O–H groups in total. The molecule has 0 bridgehead atoms. The second-order valence-electron chi connectivity index (χ2n) is 14.1. The first-order valence-corrected chi connectivity index (χ1v) is 18.6. The van der Waals surface area contributed by atoms with Crippen LogP contribution in [0.5, 0.6) is 0 Å². The molecule has 0 amide bonds. The summed E-state index contributed by atoms with van der Waals surface area (Å²) in [6.45, 7) is 0. The molecular formula is C49H30N6. The molecule has 12 rings (SSSR count). The lowest BCUT2D eigenvalue weighted by atomic mass is 10.0. The Morgan fingerprint density at radius 1 is 0.327 bits per heavy atom. The molecule has 0 saturated carbocycles. The molecule has 12 aromatic rings. The first kappa shape index (κ1) is 29.9. The van der Waals surface area contributed by atoms with E-state index in [2.05, 4.69) is 196 Å². The first-order chi connectivity index (χ1) is 27.3. The lowest BCUT2D eigenvalue weighted by molar-refractivity contribution is 1.03. The highest BCUT2D eigenvalue weighted by Crippen LogP contribution is 2.46. The molecular weight excluding hydrogens is 673 g/mol. The van der Waals surface area contributed by atoms with E-state index in [1.54, 1.807) is 0 Å². The van der Waals surface area contributed by atoms with E-state index in [1.165, 1.54) is 5.39 Å². The predicted molar refractivity (Wildman–Crippen MR) is 226 cm³/mol. The fraction of sp³-hybridized carbons (Fsp3) is 0. The van der Waals surface area contributed by atoms with Crippen molar-refractivity contribution in [1.29, 1.82) is 0 Å². The van der Waals surface area contributed by atoms with Crippen molar-refractivity contribution in [2.45, 2.75) is 0 Å². The zero-order valence-electron chi connectivity index (χ0n) is 29.5. The summed E-state index contributed by atoms with van der Waals surface area (Å²) in [6.07, 6.45) is 0. The summed E-state index contributed by atoms with van der Waals surface area (Å²) in [6, 6.07) is 64.2. The van der Waals surface area contributed by atoms with E-state index in [-0.39, 0.29) is 0 Å². The molecule has 0 fully saturated rings. The standard InChI is InChI=1S/C49H30N6/c1-4-16-32(17-5-1)53-39-25-13-10-22-35(39)38-30-31(28-29-42(38)53)49-50-45-43-36-23-11-14-26-40(36)54(33-18-6-2-7-19-33)47(43)44-37-24-12-15-27-41(37)55(34-20-8-3-9-21-34)48(44)46(45)51-52-49/h1-30H. The van der Waals surface area contributed by atoms with Gasteiger partial charge in [0.2, 0.25) is 0 Å². The van der Waals surface area contributed by atoms with Crippen LogP contribution in [0.1, 0.15) is 0 Å².